The zero-order valence-electron chi connectivity index (χ0n) is 11.0. The summed E-state index contributed by atoms with van der Waals surface area (Å²) in [5, 5.41) is 0. The van der Waals surface area contributed by atoms with Crippen LogP contribution in [-0.2, 0) is 4.74 Å². The standard InChI is InChI=1S/C13H20FN3O/c1-16(2)8-11-9-17(6-7-18-10-11)13-12(14)4-3-5-15-13/h3-5,11H,6-10H2,1-2H3. The second kappa shape index (κ2) is 6.11. The van der Waals surface area contributed by atoms with Crippen molar-refractivity contribution in [2.75, 3.05) is 51.8 Å². The van der Waals surface area contributed by atoms with Crippen molar-refractivity contribution >= 4 is 5.82 Å². The van der Waals surface area contributed by atoms with Gasteiger partial charge in [0.05, 0.1) is 13.2 Å². The highest BCUT2D eigenvalue weighted by Gasteiger charge is 2.21. The summed E-state index contributed by atoms with van der Waals surface area (Å²) in [7, 11) is 4.08. The average Bonchev–Trinajstić information content (AvgIpc) is 2.54. The van der Waals surface area contributed by atoms with Gasteiger partial charge in [-0.2, -0.15) is 0 Å². The lowest BCUT2D eigenvalue weighted by atomic mass is 10.1. The topological polar surface area (TPSA) is 28.6 Å². The van der Waals surface area contributed by atoms with E-state index < -0.39 is 0 Å². The van der Waals surface area contributed by atoms with Gasteiger partial charge in [0.2, 0.25) is 0 Å². The largest absolute Gasteiger partial charge is 0.379 e. The van der Waals surface area contributed by atoms with Crippen molar-refractivity contribution in [1.29, 1.82) is 0 Å². The van der Waals surface area contributed by atoms with E-state index in [0.717, 1.165) is 19.7 Å². The van der Waals surface area contributed by atoms with Crippen molar-refractivity contribution in [2.45, 2.75) is 0 Å². The summed E-state index contributed by atoms with van der Waals surface area (Å²) < 4.78 is 19.3. The molecule has 0 N–H and O–H groups in total. The molecule has 1 aliphatic rings. The average molecular weight is 253 g/mol. The smallest absolute Gasteiger partial charge is 0.165 e. The molecular formula is C13H20FN3O. The third-order valence-corrected chi connectivity index (χ3v) is 3.00. The lowest BCUT2D eigenvalue weighted by molar-refractivity contribution is 0.113. The lowest BCUT2D eigenvalue weighted by Gasteiger charge is -2.26. The molecule has 0 aliphatic carbocycles. The van der Waals surface area contributed by atoms with Gasteiger partial charge in [0.15, 0.2) is 11.6 Å². The van der Waals surface area contributed by atoms with Crippen LogP contribution in [0.25, 0.3) is 0 Å². The van der Waals surface area contributed by atoms with Crippen LogP contribution >= 0.6 is 0 Å². The molecule has 1 saturated heterocycles. The van der Waals surface area contributed by atoms with Crippen LogP contribution in [-0.4, -0.2) is 56.8 Å². The SMILES string of the molecule is CN(C)CC1COCCN(c2ncccc2F)C1. The Morgan fingerprint density at radius 1 is 1.56 bits per heavy atom. The van der Waals surface area contributed by atoms with Gasteiger partial charge < -0.3 is 14.5 Å². The van der Waals surface area contributed by atoms with Crippen LogP contribution in [0.4, 0.5) is 10.2 Å². The summed E-state index contributed by atoms with van der Waals surface area (Å²) in [4.78, 5) is 8.25. The summed E-state index contributed by atoms with van der Waals surface area (Å²) in [6, 6.07) is 3.07. The monoisotopic (exact) mass is 253 g/mol. The molecule has 1 aromatic rings. The van der Waals surface area contributed by atoms with Crippen LogP contribution in [0, 0.1) is 11.7 Å². The molecule has 0 aromatic carbocycles. The number of pyridine rings is 1. The molecule has 1 unspecified atom stereocenters. The van der Waals surface area contributed by atoms with Crippen molar-refractivity contribution in [2.24, 2.45) is 5.92 Å². The summed E-state index contributed by atoms with van der Waals surface area (Å²) in [6.45, 7) is 3.76. The van der Waals surface area contributed by atoms with Crippen molar-refractivity contribution in [3.8, 4) is 0 Å². The number of anilines is 1. The van der Waals surface area contributed by atoms with Gasteiger partial charge in [-0.25, -0.2) is 9.37 Å². The second-order valence-corrected chi connectivity index (χ2v) is 4.96. The number of nitrogens with zero attached hydrogens (tertiary/aromatic N) is 3. The molecule has 100 valence electrons. The minimum atomic E-state index is -0.261. The van der Waals surface area contributed by atoms with Crippen LogP contribution < -0.4 is 4.90 Å². The molecule has 5 heteroatoms. The van der Waals surface area contributed by atoms with Gasteiger partial charge in [0, 0.05) is 31.7 Å². The van der Waals surface area contributed by atoms with Crippen LogP contribution in [0.3, 0.4) is 0 Å². The number of hydrogen-bond donors (Lipinski definition) is 0. The predicted octanol–water partition coefficient (Wildman–Crippen LogP) is 1.24. The first-order valence-electron chi connectivity index (χ1n) is 6.24. The van der Waals surface area contributed by atoms with Crippen LogP contribution in [0.5, 0.6) is 0 Å². The minimum absolute atomic E-state index is 0.261. The first kappa shape index (κ1) is 13.2. The van der Waals surface area contributed by atoms with Crippen molar-refractivity contribution in [3.63, 3.8) is 0 Å². The summed E-state index contributed by atoms with van der Waals surface area (Å²) in [5.74, 6) is 0.554. The first-order chi connectivity index (χ1) is 8.66. The molecule has 2 rings (SSSR count). The molecule has 4 nitrogen and oxygen atoms in total. The molecule has 0 saturated carbocycles. The molecule has 1 atom stereocenters. The maximum Gasteiger partial charge on any atom is 0.165 e. The summed E-state index contributed by atoms with van der Waals surface area (Å²) in [6.07, 6.45) is 1.63. The van der Waals surface area contributed by atoms with E-state index in [1.54, 1.807) is 12.3 Å². The van der Waals surface area contributed by atoms with E-state index in [9.17, 15) is 4.39 Å². The van der Waals surface area contributed by atoms with Crippen LogP contribution in [0.2, 0.25) is 0 Å². The van der Waals surface area contributed by atoms with Gasteiger partial charge in [-0.15, -0.1) is 0 Å². The van der Waals surface area contributed by atoms with Gasteiger partial charge in [-0.3, -0.25) is 0 Å². The molecule has 1 fully saturated rings. The maximum atomic E-state index is 13.7. The molecule has 0 spiro atoms. The van der Waals surface area contributed by atoms with E-state index in [-0.39, 0.29) is 5.82 Å². The summed E-state index contributed by atoms with van der Waals surface area (Å²) >= 11 is 0. The highest BCUT2D eigenvalue weighted by atomic mass is 19.1. The Labute approximate surface area is 107 Å². The van der Waals surface area contributed by atoms with Crippen molar-refractivity contribution < 1.29 is 9.13 Å². The van der Waals surface area contributed by atoms with Crippen LogP contribution in [0.15, 0.2) is 18.3 Å². The Morgan fingerprint density at radius 3 is 3.11 bits per heavy atom. The Kier molecular flexibility index (Phi) is 4.49. The van der Waals surface area contributed by atoms with Crippen molar-refractivity contribution in [1.82, 2.24) is 9.88 Å². The van der Waals surface area contributed by atoms with E-state index >= 15 is 0 Å². The molecule has 0 amide bonds. The Bertz CT molecular complexity index is 386. The van der Waals surface area contributed by atoms with Gasteiger partial charge in [-0.05, 0) is 26.2 Å². The number of halogens is 1. The Hall–Kier alpha value is -1.20. The first-order valence-corrected chi connectivity index (χ1v) is 6.24. The molecule has 1 aliphatic heterocycles. The lowest BCUT2D eigenvalue weighted by Crippen LogP contribution is -2.35. The van der Waals surface area contributed by atoms with Gasteiger partial charge >= 0.3 is 0 Å². The third kappa shape index (κ3) is 3.40. The Balaban J connectivity index is 2.09. The van der Waals surface area contributed by atoms with E-state index in [1.807, 2.05) is 19.0 Å². The predicted molar refractivity (Wildman–Crippen MR) is 69.3 cm³/mol. The van der Waals surface area contributed by atoms with Crippen molar-refractivity contribution in [3.05, 3.63) is 24.1 Å². The highest BCUT2D eigenvalue weighted by molar-refractivity contribution is 5.39. The highest BCUT2D eigenvalue weighted by Crippen LogP contribution is 2.18. The number of hydrogen-bond acceptors (Lipinski definition) is 4. The summed E-state index contributed by atoms with van der Waals surface area (Å²) in [5.41, 5.74) is 0. The minimum Gasteiger partial charge on any atom is -0.379 e. The fourth-order valence-corrected chi connectivity index (χ4v) is 2.31. The quantitative estimate of drug-likeness (QED) is 0.810. The maximum absolute atomic E-state index is 13.7. The molecule has 0 radical (unpaired) electrons. The molecule has 1 aromatic heterocycles. The Morgan fingerprint density at radius 2 is 2.39 bits per heavy atom. The van der Waals surface area contributed by atoms with E-state index in [4.69, 9.17) is 4.74 Å². The van der Waals surface area contributed by atoms with Gasteiger partial charge in [0.1, 0.15) is 0 Å². The second-order valence-electron chi connectivity index (χ2n) is 4.96. The number of aromatic nitrogens is 1. The van der Waals surface area contributed by atoms with E-state index in [1.165, 1.54) is 6.07 Å². The van der Waals surface area contributed by atoms with Gasteiger partial charge in [-0.1, -0.05) is 0 Å². The van der Waals surface area contributed by atoms with E-state index in [2.05, 4.69) is 9.88 Å². The molecular weight excluding hydrogens is 233 g/mol. The third-order valence-electron chi connectivity index (χ3n) is 3.00. The zero-order chi connectivity index (χ0) is 13.0. The zero-order valence-corrected chi connectivity index (χ0v) is 11.0. The fraction of sp³-hybridized carbons (Fsp3) is 0.615. The van der Waals surface area contributed by atoms with Gasteiger partial charge in [0.25, 0.3) is 0 Å². The normalized spacial score (nSPS) is 21.1. The number of rotatable bonds is 3. The fourth-order valence-electron chi connectivity index (χ4n) is 2.31. The molecule has 2 heterocycles. The molecule has 18 heavy (non-hydrogen) atoms. The van der Waals surface area contributed by atoms with E-state index in [0.29, 0.717) is 24.9 Å². The number of ether oxygens (including phenoxy) is 1. The molecule has 0 bridgehead atoms. The van der Waals surface area contributed by atoms with Crippen LogP contribution in [0.1, 0.15) is 0 Å².